The summed E-state index contributed by atoms with van der Waals surface area (Å²) in [5.41, 5.74) is 4.90. The van der Waals surface area contributed by atoms with Crippen molar-refractivity contribution in [2.24, 2.45) is 5.10 Å². The van der Waals surface area contributed by atoms with Gasteiger partial charge in [0, 0.05) is 20.6 Å². The molecule has 3 aromatic carbocycles. The van der Waals surface area contributed by atoms with Crippen LogP contribution in [0.5, 0.6) is 5.75 Å². The lowest BCUT2D eigenvalue weighted by Gasteiger charge is -2.11. The predicted molar refractivity (Wildman–Crippen MR) is 120 cm³/mol. The van der Waals surface area contributed by atoms with Crippen molar-refractivity contribution in [2.45, 2.75) is 6.61 Å². The first kappa shape index (κ1) is 21.2. The fraction of sp³-hybridized carbons (Fsp3) is 0.0476. The van der Waals surface area contributed by atoms with Gasteiger partial charge in [-0.3, -0.25) is 5.43 Å². The minimum atomic E-state index is -1.11. The zero-order valence-corrected chi connectivity index (χ0v) is 18.0. The van der Waals surface area contributed by atoms with Gasteiger partial charge in [-0.2, -0.15) is 5.10 Å². The third-order valence-corrected chi connectivity index (χ3v) is 5.10. The predicted octanol–water partition coefficient (Wildman–Crippen LogP) is 6.48. The third kappa shape index (κ3) is 5.73. The van der Waals surface area contributed by atoms with Crippen LogP contribution in [-0.4, -0.2) is 17.3 Å². The molecule has 0 saturated carbocycles. The summed E-state index contributed by atoms with van der Waals surface area (Å²) in [4.78, 5) is 11.2. The molecule has 0 heterocycles. The number of hydrazone groups is 1. The summed E-state index contributed by atoms with van der Waals surface area (Å²) < 4.78 is 6.77. The maximum absolute atomic E-state index is 11.2. The molecule has 29 heavy (non-hydrogen) atoms. The largest absolute Gasteiger partial charge is 0.488 e. The minimum Gasteiger partial charge on any atom is -0.488 e. The molecular weight excluding hydrogens is 479 g/mol. The number of rotatable bonds is 7. The van der Waals surface area contributed by atoms with Gasteiger partial charge in [0.05, 0.1) is 22.5 Å². The zero-order chi connectivity index (χ0) is 20.8. The molecule has 0 spiro atoms. The molecule has 0 aromatic heterocycles. The van der Waals surface area contributed by atoms with Crippen molar-refractivity contribution < 1.29 is 14.6 Å². The molecule has 148 valence electrons. The number of nitrogens with one attached hydrogen (secondary N) is 1. The van der Waals surface area contributed by atoms with Gasteiger partial charge < -0.3 is 9.84 Å². The van der Waals surface area contributed by atoms with Gasteiger partial charge in [-0.05, 0) is 42.5 Å². The molecule has 0 aliphatic heterocycles. The normalized spacial score (nSPS) is 10.9. The summed E-state index contributed by atoms with van der Waals surface area (Å²) in [5.74, 6) is -0.481. The fourth-order valence-electron chi connectivity index (χ4n) is 2.46. The molecule has 0 radical (unpaired) electrons. The van der Waals surface area contributed by atoms with E-state index in [-0.39, 0.29) is 10.6 Å². The Morgan fingerprint density at radius 2 is 1.90 bits per heavy atom. The molecule has 0 atom stereocenters. The van der Waals surface area contributed by atoms with Crippen molar-refractivity contribution >= 4 is 57.0 Å². The summed E-state index contributed by atoms with van der Waals surface area (Å²) in [6.45, 7) is 0.314. The highest BCUT2D eigenvalue weighted by Gasteiger charge is 2.09. The lowest BCUT2D eigenvalue weighted by Crippen LogP contribution is -2.01. The molecule has 0 aliphatic carbocycles. The molecular formula is C21H15BrCl2N2O3. The Morgan fingerprint density at radius 1 is 1.10 bits per heavy atom. The number of aromatic carboxylic acids is 1. The standard InChI is InChI=1S/C21H15BrCl2N2O3/c22-15-5-8-20(29-12-13-3-1-2-4-18(13)23)14(9-15)11-25-26-16-6-7-19(24)17(10-16)21(27)28/h1-11,26H,12H2,(H,27,28)/b25-11-. The number of benzene rings is 3. The molecule has 8 heteroatoms. The number of carbonyl (C=O) groups is 1. The highest BCUT2D eigenvalue weighted by molar-refractivity contribution is 9.10. The third-order valence-electron chi connectivity index (χ3n) is 3.91. The van der Waals surface area contributed by atoms with Crippen molar-refractivity contribution in [3.63, 3.8) is 0 Å². The van der Waals surface area contributed by atoms with E-state index in [4.69, 9.17) is 33.0 Å². The summed E-state index contributed by atoms with van der Waals surface area (Å²) in [5, 5.41) is 14.1. The second-order valence-electron chi connectivity index (χ2n) is 5.93. The van der Waals surface area contributed by atoms with Crippen molar-refractivity contribution in [2.75, 3.05) is 5.43 Å². The van der Waals surface area contributed by atoms with E-state index >= 15 is 0 Å². The second-order valence-corrected chi connectivity index (χ2v) is 7.66. The van der Waals surface area contributed by atoms with Gasteiger partial charge in [0.15, 0.2) is 0 Å². The zero-order valence-electron chi connectivity index (χ0n) is 14.9. The molecule has 5 nitrogen and oxygen atoms in total. The Balaban J connectivity index is 1.75. The Kier molecular flexibility index (Phi) is 7.14. The van der Waals surface area contributed by atoms with Crippen molar-refractivity contribution in [1.82, 2.24) is 0 Å². The van der Waals surface area contributed by atoms with Crippen molar-refractivity contribution in [3.8, 4) is 5.75 Å². The molecule has 0 unspecified atom stereocenters. The Morgan fingerprint density at radius 3 is 2.66 bits per heavy atom. The molecule has 3 rings (SSSR count). The van der Waals surface area contributed by atoms with Gasteiger partial charge in [0.1, 0.15) is 12.4 Å². The lowest BCUT2D eigenvalue weighted by atomic mass is 10.2. The first-order valence-corrected chi connectivity index (χ1v) is 9.96. The fourth-order valence-corrected chi connectivity index (χ4v) is 3.23. The summed E-state index contributed by atoms with van der Waals surface area (Å²) >= 11 is 15.5. The van der Waals surface area contributed by atoms with Crippen LogP contribution in [0.25, 0.3) is 0 Å². The van der Waals surface area contributed by atoms with E-state index in [2.05, 4.69) is 26.5 Å². The van der Waals surface area contributed by atoms with Crippen LogP contribution in [0.1, 0.15) is 21.5 Å². The Hall–Kier alpha value is -2.54. The average Bonchev–Trinajstić information content (AvgIpc) is 2.69. The molecule has 0 aliphatic rings. The number of hydrogen-bond acceptors (Lipinski definition) is 4. The first-order chi connectivity index (χ1) is 13.9. The topological polar surface area (TPSA) is 70.9 Å². The smallest absolute Gasteiger partial charge is 0.337 e. The van der Waals surface area contributed by atoms with E-state index in [0.29, 0.717) is 23.1 Å². The number of hydrogen-bond donors (Lipinski definition) is 2. The summed E-state index contributed by atoms with van der Waals surface area (Å²) in [7, 11) is 0. The summed E-state index contributed by atoms with van der Waals surface area (Å²) in [6.07, 6.45) is 1.59. The van der Waals surface area contributed by atoms with Crippen LogP contribution in [0.4, 0.5) is 5.69 Å². The Labute approximate surface area is 186 Å². The lowest BCUT2D eigenvalue weighted by molar-refractivity contribution is 0.0697. The van der Waals surface area contributed by atoms with Gasteiger partial charge in [0.25, 0.3) is 0 Å². The minimum absolute atomic E-state index is 0.00177. The van der Waals surface area contributed by atoms with Gasteiger partial charge in [-0.15, -0.1) is 0 Å². The van der Waals surface area contributed by atoms with Crippen LogP contribution in [0.3, 0.4) is 0 Å². The van der Waals surface area contributed by atoms with E-state index in [0.717, 1.165) is 15.6 Å². The number of ether oxygens (including phenoxy) is 1. The van der Waals surface area contributed by atoms with Gasteiger partial charge in [0.2, 0.25) is 0 Å². The van der Waals surface area contributed by atoms with Crippen LogP contribution in [0.2, 0.25) is 10.0 Å². The van der Waals surface area contributed by atoms with E-state index in [1.807, 2.05) is 42.5 Å². The highest BCUT2D eigenvalue weighted by atomic mass is 79.9. The van der Waals surface area contributed by atoms with E-state index in [9.17, 15) is 4.79 Å². The van der Waals surface area contributed by atoms with Gasteiger partial charge >= 0.3 is 5.97 Å². The van der Waals surface area contributed by atoms with Crippen molar-refractivity contribution in [3.05, 3.63) is 91.9 Å². The monoisotopic (exact) mass is 492 g/mol. The van der Waals surface area contributed by atoms with Gasteiger partial charge in [-0.1, -0.05) is 57.3 Å². The second kappa shape index (κ2) is 9.78. The van der Waals surface area contributed by atoms with Gasteiger partial charge in [-0.25, -0.2) is 4.79 Å². The van der Waals surface area contributed by atoms with Crippen LogP contribution in [0.15, 0.2) is 70.2 Å². The van der Waals surface area contributed by atoms with E-state index in [1.165, 1.54) is 12.1 Å². The van der Waals surface area contributed by atoms with Crippen LogP contribution >= 0.6 is 39.1 Å². The maximum Gasteiger partial charge on any atom is 0.337 e. The van der Waals surface area contributed by atoms with Crippen molar-refractivity contribution in [1.29, 1.82) is 0 Å². The van der Waals surface area contributed by atoms with Crippen LogP contribution in [0, 0.1) is 0 Å². The Bertz CT molecular complexity index is 1070. The van der Waals surface area contributed by atoms with Crippen LogP contribution in [-0.2, 0) is 6.61 Å². The molecule has 0 bridgehead atoms. The molecule has 2 N–H and O–H groups in total. The molecule has 0 fully saturated rings. The van der Waals surface area contributed by atoms with E-state index in [1.54, 1.807) is 12.3 Å². The molecule has 0 saturated heterocycles. The quantitative estimate of drug-likeness (QED) is 0.292. The molecule has 3 aromatic rings. The average molecular weight is 494 g/mol. The van der Waals surface area contributed by atoms with E-state index < -0.39 is 5.97 Å². The number of halogens is 3. The SMILES string of the molecule is O=C(O)c1cc(N/N=C\c2cc(Br)ccc2OCc2ccccc2Cl)ccc1Cl. The summed E-state index contributed by atoms with van der Waals surface area (Å²) in [6, 6.07) is 17.6. The number of carboxylic acid groups (broad SMARTS) is 1. The number of nitrogens with zero attached hydrogens (tertiary/aromatic N) is 1. The maximum atomic E-state index is 11.2. The molecule has 0 amide bonds. The number of carboxylic acids is 1. The number of anilines is 1. The first-order valence-electron chi connectivity index (χ1n) is 8.41. The highest BCUT2D eigenvalue weighted by Crippen LogP contribution is 2.25. The van der Waals surface area contributed by atoms with Crippen LogP contribution < -0.4 is 10.2 Å².